The molecule has 0 fully saturated rings. The first-order chi connectivity index (χ1) is 9.56. The summed E-state index contributed by atoms with van der Waals surface area (Å²) in [7, 11) is 0. The summed E-state index contributed by atoms with van der Waals surface area (Å²) in [6, 6.07) is 9.46. The highest BCUT2D eigenvalue weighted by Gasteiger charge is 2.13. The van der Waals surface area contributed by atoms with Crippen molar-refractivity contribution < 1.29 is 14.1 Å². The van der Waals surface area contributed by atoms with E-state index in [9.17, 15) is 14.9 Å². The van der Waals surface area contributed by atoms with Gasteiger partial charge in [-0.1, -0.05) is 12.1 Å². The molecule has 102 valence electrons. The molecule has 2 aromatic rings. The minimum Gasteiger partial charge on any atom is -0.462 e. The van der Waals surface area contributed by atoms with Gasteiger partial charge in [-0.15, -0.1) is 0 Å². The lowest BCUT2D eigenvalue weighted by Gasteiger charge is -2.02. The smallest absolute Gasteiger partial charge is 0.292 e. The fraction of sp³-hybridized carbons (Fsp3) is 0.0714. The summed E-state index contributed by atoms with van der Waals surface area (Å²) in [4.78, 5) is 22.0. The molecule has 0 spiro atoms. The van der Waals surface area contributed by atoms with Gasteiger partial charge in [0.05, 0.1) is 4.92 Å². The molecule has 1 amide bonds. The molecule has 2 rings (SSSR count). The van der Waals surface area contributed by atoms with Crippen LogP contribution in [0.4, 0.5) is 11.4 Å². The number of carbonyl (C=O) groups excluding carboxylic acids is 1. The zero-order valence-corrected chi connectivity index (χ0v) is 10.7. The van der Waals surface area contributed by atoms with Gasteiger partial charge in [-0.05, 0) is 31.2 Å². The van der Waals surface area contributed by atoms with Crippen molar-refractivity contribution in [3.63, 3.8) is 0 Å². The van der Waals surface area contributed by atoms with E-state index in [-0.39, 0.29) is 11.4 Å². The monoisotopic (exact) mass is 272 g/mol. The lowest BCUT2D eigenvalue weighted by molar-refractivity contribution is -0.383. The Morgan fingerprint density at radius 1 is 1.30 bits per heavy atom. The van der Waals surface area contributed by atoms with E-state index >= 15 is 0 Å². The van der Waals surface area contributed by atoms with E-state index < -0.39 is 10.8 Å². The first kappa shape index (κ1) is 13.5. The molecule has 0 bridgehead atoms. The molecular formula is C14H12N2O4. The van der Waals surface area contributed by atoms with Crippen LogP contribution in [0.3, 0.4) is 0 Å². The summed E-state index contributed by atoms with van der Waals surface area (Å²) in [6.45, 7) is 1.80. The topological polar surface area (TPSA) is 85.4 Å². The molecule has 1 heterocycles. The molecule has 1 N–H and O–H groups in total. The highest BCUT2D eigenvalue weighted by Crippen LogP contribution is 2.23. The van der Waals surface area contributed by atoms with Crippen molar-refractivity contribution in [2.45, 2.75) is 6.92 Å². The number of nitro benzene ring substituents is 1. The summed E-state index contributed by atoms with van der Waals surface area (Å²) in [5.41, 5.74) is 0.00543. The maximum atomic E-state index is 11.7. The third-order valence-electron chi connectivity index (χ3n) is 2.52. The molecule has 0 aliphatic rings. The molecule has 6 heteroatoms. The first-order valence-electron chi connectivity index (χ1n) is 5.85. The molecule has 0 radical (unpaired) electrons. The average Bonchev–Trinajstić information content (AvgIpc) is 2.83. The van der Waals surface area contributed by atoms with Gasteiger partial charge >= 0.3 is 0 Å². The highest BCUT2D eigenvalue weighted by molar-refractivity contribution is 6.03. The van der Waals surface area contributed by atoms with Crippen molar-refractivity contribution in [1.82, 2.24) is 0 Å². The number of aryl methyl sites for hydroxylation is 1. The molecule has 1 aromatic carbocycles. The predicted octanol–water partition coefficient (Wildman–Crippen LogP) is 3.15. The number of rotatable bonds is 4. The number of furan rings is 1. The van der Waals surface area contributed by atoms with Gasteiger partial charge in [0, 0.05) is 12.1 Å². The lowest BCUT2D eigenvalue weighted by atomic mass is 10.2. The third kappa shape index (κ3) is 3.32. The largest absolute Gasteiger partial charge is 0.462 e. The summed E-state index contributed by atoms with van der Waals surface area (Å²) in [5, 5.41) is 13.3. The van der Waals surface area contributed by atoms with Crippen molar-refractivity contribution in [2.75, 3.05) is 5.32 Å². The van der Waals surface area contributed by atoms with Gasteiger partial charge in [0.2, 0.25) is 5.91 Å². The van der Waals surface area contributed by atoms with Crippen LogP contribution in [0.25, 0.3) is 6.08 Å². The Balaban J connectivity index is 2.09. The van der Waals surface area contributed by atoms with Crippen LogP contribution in [0, 0.1) is 17.0 Å². The van der Waals surface area contributed by atoms with Gasteiger partial charge < -0.3 is 9.73 Å². The summed E-state index contributed by atoms with van der Waals surface area (Å²) in [6.07, 6.45) is 2.76. The predicted molar refractivity (Wildman–Crippen MR) is 74.2 cm³/mol. The third-order valence-corrected chi connectivity index (χ3v) is 2.52. The van der Waals surface area contributed by atoms with Crippen LogP contribution in [0.2, 0.25) is 0 Å². The Bertz CT molecular complexity index is 673. The number of nitrogens with zero attached hydrogens (tertiary/aromatic N) is 1. The van der Waals surface area contributed by atoms with Crippen LogP contribution < -0.4 is 5.32 Å². The van der Waals surface area contributed by atoms with Crippen molar-refractivity contribution in [1.29, 1.82) is 0 Å². The second-order valence-electron chi connectivity index (χ2n) is 4.05. The number of para-hydroxylation sites is 2. The molecule has 0 saturated heterocycles. The maximum absolute atomic E-state index is 11.7. The SMILES string of the molecule is Cc1ccc(C=CC(=O)Nc2ccccc2[N+](=O)[O-])o1. The molecule has 0 atom stereocenters. The zero-order valence-electron chi connectivity index (χ0n) is 10.7. The van der Waals surface area contributed by atoms with Crippen molar-refractivity contribution in [3.8, 4) is 0 Å². The normalized spacial score (nSPS) is 10.7. The number of benzene rings is 1. The highest BCUT2D eigenvalue weighted by atomic mass is 16.6. The number of carbonyl (C=O) groups is 1. The van der Waals surface area contributed by atoms with E-state index in [1.807, 2.05) is 0 Å². The molecule has 6 nitrogen and oxygen atoms in total. The van der Waals surface area contributed by atoms with Gasteiger partial charge in [-0.3, -0.25) is 14.9 Å². The fourth-order valence-electron chi connectivity index (χ4n) is 1.61. The molecule has 0 aliphatic heterocycles. The number of hydrogen-bond donors (Lipinski definition) is 1. The lowest BCUT2D eigenvalue weighted by Crippen LogP contribution is -2.09. The molecule has 20 heavy (non-hydrogen) atoms. The first-order valence-corrected chi connectivity index (χ1v) is 5.85. The van der Waals surface area contributed by atoms with Crippen LogP contribution in [0.5, 0.6) is 0 Å². The number of amides is 1. The van der Waals surface area contributed by atoms with E-state index in [4.69, 9.17) is 4.42 Å². The van der Waals surface area contributed by atoms with Crippen LogP contribution in [0.15, 0.2) is 46.9 Å². The number of nitrogens with one attached hydrogen (secondary N) is 1. The molecule has 0 unspecified atom stereocenters. The number of anilines is 1. The second kappa shape index (κ2) is 5.83. The van der Waals surface area contributed by atoms with Crippen LogP contribution in [-0.2, 0) is 4.79 Å². The van der Waals surface area contributed by atoms with E-state index in [2.05, 4.69) is 5.32 Å². The van der Waals surface area contributed by atoms with Gasteiger partial charge in [0.15, 0.2) is 0 Å². The molecule has 0 saturated carbocycles. The molecular weight excluding hydrogens is 260 g/mol. The summed E-state index contributed by atoms with van der Waals surface area (Å²) in [5.74, 6) is 0.817. The van der Waals surface area contributed by atoms with Crippen molar-refractivity contribution in [3.05, 3.63) is 64.1 Å². The summed E-state index contributed by atoms with van der Waals surface area (Å²) >= 11 is 0. The van der Waals surface area contributed by atoms with Gasteiger partial charge in [-0.25, -0.2) is 0 Å². The van der Waals surface area contributed by atoms with E-state index in [1.54, 1.807) is 25.1 Å². The Morgan fingerprint density at radius 3 is 2.70 bits per heavy atom. The van der Waals surface area contributed by atoms with Crippen molar-refractivity contribution >= 4 is 23.4 Å². The standard InChI is InChI=1S/C14H12N2O4/c1-10-6-7-11(20-10)8-9-14(17)15-12-4-2-3-5-13(12)16(18)19/h2-9H,1H3,(H,15,17). The Hall–Kier alpha value is -2.89. The molecule has 1 aromatic heterocycles. The quantitative estimate of drug-likeness (QED) is 0.526. The van der Waals surface area contributed by atoms with Gasteiger partial charge in [-0.2, -0.15) is 0 Å². The van der Waals surface area contributed by atoms with Gasteiger partial charge in [0.1, 0.15) is 17.2 Å². The minimum atomic E-state index is -0.546. The van der Waals surface area contributed by atoms with E-state index in [0.717, 1.165) is 5.76 Å². The van der Waals surface area contributed by atoms with Crippen molar-refractivity contribution in [2.24, 2.45) is 0 Å². The summed E-state index contributed by atoms with van der Waals surface area (Å²) < 4.78 is 5.27. The number of nitro groups is 1. The van der Waals surface area contributed by atoms with E-state index in [0.29, 0.717) is 5.76 Å². The van der Waals surface area contributed by atoms with Crippen LogP contribution in [-0.4, -0.2) is 10.8 Å². The van der Waals surface area contributed by atoms with Crippen LogP contribution >= 0.6 is 0 Å². The number of hydrogen-bond acceptors (Lipinski definition) is 4. The Labute approximate surface area is 114 Å². The minimum absolute atomic E-state index is 0.150. The zero-order chi connectivity index (χ0) is 14.5. The maximum Gasteiger partial charge on any atom is 0.292 e. The van der Waals surface area contributed by atoms with E-state index in [1.165, 1.54) is 30.4 Å². The second-order valence-corrected chi connectivity index (χ2v) is 4.05. The Kier molecular flexibility index (Phi) is 3.95. The van der Waals surface area contributed by atoms with Gasteiger partial charge in [0.25, 0.3) is 5.69 Å². The molecule has 0 aliphatic carbocycles. The Morgan fingerprint density at radius 2 is 2.05 bits per heavy atom. The average molecular weight is 272 g/mol. The van der Waals surface area contributed by atoms with Crippen LogP contribution in [0.1, 0.15) is 11.5 Å². The fourth-order valence-corrected chi connectivity index (χ4v) is 1.61.